The molecule has 0 aromatic heterocycles. The van der Waals surface area contributed by atoms with E-state index < -0.39 is 0 Å². The van der Waals surface area contributed by atoms with Gasteiger partial charge in [0.2, 0.25) is 0 Å². The summed E-state index contributed by atoms with van der Waals surface area (Å²) in [4.78, 5) is 4.86. The van der Waals surface area contributed by atoms with Crippen molar-refractivity contribution in [2.24, 2.45) is 5.73 Å². The van der Waals surface area contributed by atoms with Gasteiger partial charge in [-0.1, -0.05) is 0 Å². The summed E-state index contributed by atoms with van der Waals surface area (Å²) in [5.74, 6) is 0. The van der Waals surface area contributed by atoms with Gasteiger partial charge in [0.25, 0.3) is 0 Å². The van der Waals surface area contributed by atoms with E-state index >= 15 is 0 Å². The Balaban J connectivity index is 2.24. The van der Waals surface area contributed by atoms with Crippen LogP contribution in [-0.4, -0.2) is 66.8 Å². The van der Waals surface area contributed by atoms with E-state index in [1.807, 2.05) is 0 Å². The average molecular weight is 201 g/mol. The number of aliphatic hydroxyl groups is 1. The van der Waals surface area contributed by atoms with Gasteiger partial charge in [0.1, 0.15) is 0 Å². The summed E-state index contributed by atoms with van der Waals surface area (Å²) < 4.78 is 0. The molecule has 1 heterocycles. The first-order valence-corrected chi connectivity index (χ1v) is 5.55. The molecule has 1 rings (SSSR count). The minimum absolute atomic E-state index is 0.303. The fourth-order valence-corrected chi connectivity index (χ4v) is 2.07. The SMILES string of the molecule is CC1CN(CCCO)CCN1CCN. The molecule has 1 atom stereocenters. The largest absolute Gasteiger partial charge is 0.396 e. The van der Waals surface area contributed by atoms with Crippen molar-refractivity contribution in [2.75, 3.05) is 45.9 Å². The molecule has 4 nitrogen and oxygen atoms in total. The molecular weight excluding hydrogens is 178 g/mol. The molecule has 1 unspecified atom stereocenters. The number of piperazine rings is 1. The predicted molar refractivity (Wildman–Crippen MR) is 58.2 cm³/mol. The molecule has 0 radical (unpaired) electrons. The van der Waals surface area contributed by atoms with E-state index in [4.69, 9.17) is 10.8 Å². The molecule has 0 aromatic carbocycles. The number of hydrogen-bond donors (Lipinski definition) is 2. The van der Waals surface area contributed by atoms with Gasteiger partial charge in [-0.3, -0.25) is 4.90 Å². The van der Waals surface area contributed by atoms with E-state index in [1.54, 1.807) is 0 Å². The number of nitrogens with zero attached hydrogens (tertiary/aromatic N) is 2. The zero-order valence-corrected chi connectivity index (χ0v) is 9.15. The van der Waals surface area contributed by atoms with Crippen molar-refractivity contribution in [2.45, 2.75) is 19.4 Å². The van der Waals surface area contributed by atoms with E-state index in [2.05, 4.69) is 16.7 Å². The number of rotatable bonds is 5. The molecule has 1 saturated heterocycles. The Hall–Kier alpha value is -0.160. The van der Waals surface area contributed by atoms with Crippen molar-refractivity contribution in [1.29, 1.82) is 0 Å². The predicted octanol–water partition coefficient (Wildman–Crippen LogP) is -0.666. The summed E-state index contributed by atoms with van der Waals surface area (Å²) in [5, 5.41) is 8.75. The fraction of sp³-hybridized carbons (Fsp3) is 1.00. The lowest BCUT2D eigenvalue weighted by Crippen LogP contribution is -2.53. The van der Waals surface area contributed by atoms with Gasteiger partial charge in [-0.2, -0.15) is 0 Å². The van der Waals surface area contributed by atoms with Gasteiger partial charge in [0.05, 0.1) is 0 Å². The molecule has 4 heteroatoms. The van der Waals surface area contributed by atoms with Crippen LogP contribution in [0.3, 0.4) is 0 Å². The van der Waals surface area contributed by atoms with Gasteiger partial charge >= 0.3 is 0 Å². The van der Waals surface area contributed by atoms with Gasteiger partial charge in [-0.15, -0.1) is 0 Å². The first-order chi connectivity index (χ1) is 6.77. The van der Waals surface area contributed by atoms with E-state index in [1.165, 1.54) is 0 Å². The molecule has 14 heavy (non-hydrogen) atoms. The summed E-state index contributed by atoms with van der Waals surface area (Å²) in [6, 6.07) is 0.603. The third kappa shape index (κ3) is 3.53. The van der Waals surface area contributed by atoms with Crippen molar-refractivity contribution >= 4 is 0 Å². The van der Waals surface area contributed by atoms with Crippen LogP contribution in [0.1, 0.15) is 13.3 Å². The minimum atomic E-state index is 0.303. The second-order valence-corrected chi connectivity index (χ2v) is 4.05. The highest BCUT2D eigenvalue weighted by Gasteiger charge is 2.21. The monoisotopic (exact) mass is 201 g/mol. The molecule has 1 aliphatic heterocycles. The molecule has 0 aromatic rings. The highest BCUT2D eigenvalue weighted by molar-refractivity contribution is 4.78. The van der Waals surface area contributed by atoms with Gasteiger partial charge < -0.3 is 15.7 Å². The van der Waals surface area contributed by atoms with Crippen molar-refractivity contribution in [3.05, 3.63) is 0 Å². The van der Waals surface area contributed by atoms with Crippen LogP contribution in [0.5, 0.6) is 0 Å². The third-order valence-corrected chi connectivity index (χ3v) is 2.90. The molecule has 0 aliphatic carbocycles. The van der Waals surface area contributed by atoms with Crippen LogP contribution >= 0.6 is 0 Å². The molecule has 84 valence electrons. The topological polar surface area (TPSA) is 52.7 Å². The third-order valence-electron chi connectivity index (χ3n) is 2.90. The maximum absolute atomic E-state index is 8.75. The van der Waals surface area contributed by atoms with Crippen molar-refractivity contribution in [3.8, 4) is 0 Å². The number of nitrogens with two attached hydrogens (primary N) is 1. The van der Waals surface area contributed by atoms with Crippen molar-refractivity contribution < 1.29 is 5.11 Å². The number of hydrogen-bond acceptors (Lipinski definition) is 4. The van der Waals surface area contributed by atoms with Gasteiger partial charge in [0, 0.05) is 51.9 Å². The Morgan fingerprint density at radius 1 is 1.36 bits per heavy atom. The molecule has 0 spiro atoms. The molecule has 1 aliphatic rings. The quantitative estimate of drug-likeness (QED) is 0.620. The summed E-state index contributed by atoms with van der Waals surface area (Å²) in [6.45, 7) is 8.68. The van der Waals surface area contributed by atoms with Crippen LogP contribution in [0.4, 0.5) is 0 Å². The van der Waals surface area contributed by atoms with Gasteiger partial charge in [-0.05, 0) is 13.3 Å². The summed E-state index contributed by atoms with van der Waals surface area (Å²) >= 11 is 0. The van der Waals surface area contributed by atoms with Gasteiger partial charge in [0.15, 0.2) is 0 Å². The fourth-order valence-electron chi connectivity index (χ4n) is 2.07. The second kappa shape index (κ2) is 6.35. The average Bonchev–Trinajstić information content (AvgIpc) is 2.19. The lowest BCUT2D eigenvalue weighted by molar-refractivity contribution is 0.0815. The van der Waals surface area contributed by atoms with Crippen LogP contribution in [0.2, 0.25) is 0 Å². The maximum atomic E-state index is 8.75. The Morgan fingerprint density at radius 3 is 2.71 bits per heavy atom. The molecule has 1 fully saturated rings. The highest BCUT2D eigenvalue weighted by Crippen LogP contribution is 2.08. The van der Waals surface area contributed by atoms with Crippen molar-refractivity contribution in [1.82, 2.24) is 9.80 Å². The first-order valence-electron chi connectivity index (χ1n) is 5.55. The van der Waals surface area contributed by atoms with Crippen LogP contribution in [0, 0.1) is 0 Å². The maximum Gasteiger partial charge on any atom is 0.0443 e. The second-order valence-electron chi connectivity index (χ2n) is 4.05. The lowest BCUT2D eigenvalue weighted by Gasteiger charge is -2.39. The van der Waals surface area contributed by atoms with E-state index in [0.29, 0.717) is 12.6 Å². The van der Waals surface area contributed by atoms with E-state index in [-0.39, 0.29) is 0 Å². The first kappa shape index (κ1) is 11.9. The minimum Gasteiger partial charge on any atom is -0.396 e. The Morgan fingerprint density at radius 2 is 2.14 bits per heavy atom. The van der Waals surface area contributed by atoms with Crippen LogP contribution in [-0.2, 0) is 0 Å². The standard InChI is InChI=1S/C10H23N3O/c1-10-9-12(4-2-8-14)6-7-13(10)5-3-11/h10,14H,2-9,11H2,1H3. The summed E-state index contributed by atoms with van der Waals surface area (Å²) in [7, 11) is 0. The normalized spacial score (nSPS) is 25.5. The van der Waals surface area contributed by atoms with Crippen LogP contribution in [0.15, 0.2) is 0 Å². The molecule has 0 bridgehead atoms. The summed E-state index contributed by atoms with van der Waals surface area (Å²) in [6.07, 6.45) is 0.892. The van der Waals surface area contributed by atoms with Crippen molar-refractivity contribution in [3.63, 3.8) is 0 Å². The van der Waals surface area contributed by atoms with E-state index in [0.717, 1.165) is 45.7 Å². The Bertz CT molecular complexity index is 154. The lowest BCUT2D eigenvalue weighted by atomic mass is 10.2. The molecule has 0 saturated carbocycles. The Kier molecular flexibility index (Phi) is 5.40. The smallest absolute Gasteiger partial charge is 0.0443 e. The highest BCUT2D eigenvalue weighted by atomic mass is 16.3. The molecular formula is C10H23N3O. The Labute approximate surface area is 86.7 Å². The summed E-state index contributed by atoms with van der Waals surface area (Å²) in [5.41, 5.74) is 5.55. The number of aliphatic hydroxyl groups excluding tert-OH is 1. The van der Waals surface area contributed by atoms with Crippen LogP contribution < -0.4 is 5.73 Å². The van der Waals surface area contributed by atoms with Crippen LogP contribution in [0.25, 0.3) is 0 Å². The molecule has 0 amide bonds. The zero-order valence-electron chi connectivity index (χ0n) is 9.15. The zero-order chi connectivity index (χ0) is 10.4. The molecule has 3 N–H and O–H groups in total. The van der Waals surface area contributed by atoms with Gasteiger partial charge in [-0.25, -0.2) is 0 Å². The van der Waals surface area contributed by atoms with E-state index in [9.17, 15) is 0 Å².